The van der Waals surface area contributed by atoms with Gasteiger partial charge in [0.25, 0.3) is 0 Å². The first kappa shape index (κ1) is 29.6. The van der Waals surface area contributed by atoms with Crippen molar-refractivity contribution in [2.24, 2.45) is 0 Å². The Morgan fingerprint density at radius 1 is 0.703 bits per heavy atom. The monoisotopic (exact) mass is 516 g/mol. The van der Waals surface area contributed by atoms with Crippen LogP contribution in [0.1, 0.15) is 120 Å². The normalized spacial score (nSPS) is 17.7. The SMILES string of the molecule is CCCCCCCCCc1ccc(C2COC(c3ccc(OCCCCCCC)c(F)c3F)OC2)cc1. The molecule has 0 spiro atoms. The minimum Gasteiger partial charge on any atom is -0.490 e. The van der Waals surface area contributed by atoms with E-state index in [1.54, 1.807) is 0 Å². The summed E-state index contributed by atoms with van der Waals surface area (Å²) < 4.78 is 46.5. The molecule has 37 heavy (non-hydrogen) atoms. The summed E-state index contributed by atoms with van der Waals surface area (Å²) in [6.45, 7) is 5.60. The van der Waals surface area contributed by atoms with E-state index in [1.165, 1.54) is 75.5 Å². The summed E-state index contributed by atoms with van der Waals surface area (Å²) in [5.41, 5.74) is 2.58. The second kappa shape index (κ2) is 16.8. The number of hydrogen-bond acceptors (Lipinski definition) is 3. The van der Waals surface area contributed by atoms with Crippen LogP contribution in [0.15, 0.2) is 36.4 Å². The van der Waals surface area contributed by atoms with E-state index < -0.39 is 17.9 Å². The van der Waals surface area contributed by atoms with E-state index in [9.17, 15) is 8.78 Å². The summed E-state index contributed by atoms with van der Waals surface area (Å²) in [5.74, 6) is -1.91. The van der Waals surface area contributed by atoms with Crippen LogP contribution >= 0.6 is 0 Å². The Labute approximate surface area is 222 Å². The number of rotatable bonds is 17. The van der Waals surface area contributed by atoms with Crippen molar-refractivity contribution in [1.29, 1.82) is 0 Å². The number of benzene rings is 2. The molecule has 3 nitrogen and oxygen atoms in total. The smallest absolute Gasteiger partial charge is 0.201 e. The van der Waals surface area contributed by atoms with Crippen molar-refractivity contribution in [3.8, 4) is 5.75 Å². The van der Waals surface area contributed by atoms with Crippen LogP contribution < -0.4 is 4.74 Å². The average Bonchev–Trinajstić information content (AvgIpc) is 2.93. The molecule has 1 fully saturated rings. The lowest BCUT2D eigenvalue weighted by atomic mass is 9.97. The topological polar surface area (TPSA) is 27.7 Å². The van der Waals surface area contributed by atoms with Crippen molar-refractivity contribution in [3.05, 3.63) is 64.7 Å². The van der Waals surface area contributed by atoms with Crippen molar-refractivity contribution in [3.63, 3.8) is 0 Å². The van der Waals surface area contributed by atoms with Gasteiger partial charge < -0.3 is 14.2 Å². The summed E-state index contributed by atoms with van der Waals surface area (Å²) >= 11 is 0. The molecule has 0 saturated carbocycles. The van der Waals surface area contributed by atoms with Gasteiger partial charge in [0.05, 0.1) is 19.8 Å². The van der Waals surface area contributed by atoms with Crippen molar-refractivity contribution >= 4 is 0 Å². The van der Waals surface area contributed by atoms with Crippen LogP contribution in [0.2, 0.25) is 0 Å². The van der Waals surface area contributed by atoms with E-state index in [0.717, 1.165) is 31.2 Å². The summed E-state index contributed by atoms with van der Waals surface area (Å²) in [7, 11) is 0. The lowest BCUT2D eigenvalue weighted by Crippen LogP contribution is -2.26. The van der Waals surface area contributed by atoms with Gasteiger partial charge in [0.1, 0.15) is 0 Å². The van der Waals surface area contributed by atoms with Gasteiger partial charge in [0.2, 0.25) is 5.82 Å². The van der Waals surface area contributed by atoms with E-state index in [0.29, 0.717) is 19.8 Å². The molecule has 0 atom stereocenters. The summed E-state index contributed by atoms with van der Waals surface area (Å²) in [4.78, 5) is 0. The maximum Gasteiger partial charge on any atom is 0.201 e. The van der Waals surface area contributed by atoms with Crippen LogP contribution in [0.4, 0.5) is 8.78 Å². The molecule has 206 valence electrons. The molecule has 0 radical (unpaired) electrons. The molecule has 5 heteroatoms. The van der Waals surface area contributed by atoms with Crippen molar-refractivity contribution in [1.82, 2.24) is 0 Å². The Kier molecular flexibility index (Phi) is 13.4. The molecule has 2 aromatic carbocycles. The van der Waals surface area contributed by atoms with E-state index in [4.69, 9.17) is 14.2 Å². The number of hydrogen-bond donors (Lipinski definition) is 0. The Morgan fingerprint density at radius 3 is 1.95 bits per heavy atom. The Balaban J connectivity index is 1.42. The molecule has 1 aliphatic rings. The van der Waals surface area contributed by atoms with Gasteiger partial charge in [0.15, 0.2) is 17.9 Å². The molecule has 1 heterocycles. The Bertz CT molecular complexity index is 892. The zero-order chi connectivity index (χ0) is 26.3. The van der Waals surface area contributed by atoms with Gasteiger partial charge in [-0.1, -0.05) is 102 Å². The minimum absolute atomic E-state index is 0.0537. The zero-order valence-corrected chi connectivity index (χ0v) is 22.9. The van der Waals surface area contributed by atoms with Gasteiger partial charge in [0, 0.05) is 11.5 Å². The average molecular weight is 517 g/mol. The molecule has 1 saturated heterocycles. The third-order valence-corrected chi connectivity index (χ3v) is 7.25. The number of aryl methyl sites for hydroxylation is 1. The van der Waals surface area contributed by atoms with Gasteiger partial charge in [-0.3, -0.25) is 0 Å². The maximum absolute atomic E-state index is 14.8. The van der Waals surface area contributed by atoms with Gasteiger partial charge in [-0.15, -0.1) is 0 Å². The summed E-state index contributed by atoms with van der Waals surface area (Å²) in [6.07, 6.45) is 14.8. The van der Waals surface area contributed by atoms with Crippen LogP contribution in [-0.2, 0) is 15.9 Å². The summed E-state index contributed by atoms with van der Waals surface area (Å²) in [6, 6.07) is 11.6. The predicted molar refractivity (Wildman–Crippen MR) is 146 cm³/mol. The third-order valence-electron chi connectivity index (χ3n) is 7.25. The Morgan fingerprint density at radius 2 is 1.30 bits per heavy atom. The van der Waals surface area contributed by atoms with Gasteiger partial charge >= 0.3 is 0 Å². The van der Waals surface area contributed by atoms with Crippen LogP contribution in [0.25, 0.3) is 0 Å². The maximum atomic E-state index is 14.8. The molecule has 1 aliphatic heterocycles. The fourth-order valence-electron chi connectivity index (χ4n) is 4.85. The quantitative estimate of drug-likeness (QED) is 0.196. The standard InChI is InChI=1S/C32H46F2O3/c1-3-5-7-9-10-11-13-15-25-16-18-26(19-17-25)27-23-36-32(37-24-27)28-20-21-29(31(34)30(28)33)35-22-14-12-8-6-4-2/h16-21,27,32H,3-15,22-24H2,1-2H3. The van der Waals surface area contributed by atoms with Crippen molar-refractivity contribution < 1.29 is 23.0 Å². The molecule has 0 aliphatic carbocycles. The molecule has 0 bridgehead atoms. The first-order chi connectivity index (χ1) is 18.1. The van der Waals surface area contributed by atoms with Gasteiger partial charge in [-0.05, 0) is 42.5 Å². The number of halogens is 2. The highest BCUT2D eigenvalue weighted by molar-refractivity contribution is 5.32. The first-order valence-electron chi connectivity index (χ1n) is 14.6. The molecular formula is C32H46F2O3. The first-order valence-corrected chi connectivity index (χ1v) is 14.6. The van der Waals surface area contributed by atoms with E-state index in [1.807, 2.05) is 0 Å². The van der Waals surface area contributed by atoms with Crippen LogP contribution in [0, 0.1) is 11.6 Å². The number of ether oxygens (including phenoxy) is 3. The Hall–Kier alpha value is -1.98. The largest absolute Gasteiger partial charge is 0.490 e. The van der Waals surface area contributed by atoms with Crippen molar-refractivity contribution in [2.75, 3.05) is 19.8 Å². The van der Waals surface area contributed by atoms with E-state index in [-0.39, 0.29) is 17.2 Å². The fraction of sp³-hybridized carbons (Fsp3) is 0.625. The van der Waals surface area contributed by atoms with Gasteiger partial charge in [-0.25, -0.2) is 4.39 Å². The second-order valence-electron chi connectivity index (χ2n) is 10.4. The molecule has 0 unspecified atom stereocenters. The minimum atomic E-state index is -0.975. The van der Waals surface area contributed by atoms with Gasteiger partial charge in [-0.2, -0.15) is 4.39 Å². The lowest BCUT2D eigenvalue weighted by molar-refractivity contribution is -0.193. The highest BCUT2D eigenvalue weighted by Crippen LogP contribution is 2.34. The highest BCUT2D eigenvalue weighted by atomic mass is 19.2. The third kappa shape index (κ3) is 9.68. The molecule has 3 rings (SSSR count). The number of unbranched alkanes of at least 4 members (excludes halogenated alkanes) is 10. The molecule has 0 amide bonds. The second-order valence-corrected chi connectivity index (χ2v) is 10.4. The van der Waals surface area contributed by atoms with Crippen molar-refractivity contribution in [2.45, 2.75) is 110 Å². The fourth-order valence-corrected chi connectivity index (χ4v) is 4.85. The van der Waals surface area contributed by atoms with Crippen LogP contribution in [-0.4, -0.2) is 19.8 Å². The van der Waals surface area contributed by atoms with E-state index >= 15 is 0 Å². The van der Waals surface area contributed by atoms with Crippen LogP contribution in [0.3, 0.4) is 0 Å². The summed E-state index contributed by atoms with van der Waals surface area (Å²) in [5, 5.41) is 0. The molecule has 2 aromatic rings. The predicted octanol–water partition coefficient (Wildman–Crippen LogP) is 9.44. The lowest BCUT2D eigenvalue weighted by Gasteiger charge is -2.30. The highest BCUT2D eigenvalue weighted by Gasteiger charge is 2.28. The molecular weight excluding hydrogens is 470 g/mol. The zero-order valence-electron chi connectivity index (χ0n) is 22.9. The molecule has 0 aromatic heterocycles. The molecule has 0 N–H and O–H groups in total. The van der Waals surface area contributed by atoms with E-state index in [2.05, 4.69) is 38.1 Å². The van der Waals surface area contributed by atoms with Crippen LogP contribution in [0.5, 0.6) is 5.75 Å².